The Morgan fingerprint density at radius 1 is 0.933 bits per heavy atom. The topological polar surface area (TPSA) is 104 Å². The molecule has 7 nitrogen and oxygen atoms in total. The molecular weight excluding hydrogens is 472 g/mol. The number of carboxylic acid groups (broad SMARTS) is 1. The summed E-state index contributed by atoms with van der Waals surface area (Å²) in [6.07, 6.45) is 0. The zero-order valence-corrected chi connectivity index (χ0v) is 17.9. The van der Waals surface area contributed by atoms with Crippen LogP contribution in [0.3, 0.4) is 0 Å². The average Bonchev–Trinajstić information content (AvgIpc) is 2.73. The first-order chi connectivity index (χ1) is 14.3. The summed E-state index contributed by atoms with van der Waals surface area (Å²) >= 11 is 3.31. The predicted octanol–water partition coefficient (Wildman–Crippen LogP) is 3.98. The number of anilines is 2. The Morgan fingerprint density at radius 3 is 2.27 bits per heavy atom. The summed E-state index contributed by atoms with van der Waals surface area (Å²) in [5, 5.41) is 11.8. The van der Waals surface area contributed by atoms with E-state index in [0.29, 0.717) is 4.47 Å². The van der Waals surface area contributed by atoms with E-state index in [9.17, 15) is 23.1 Å². The van der Waals surface area contributed by atoms with E-state index in [-0.39, 0.29) is 21.8 Å². The van der Waals surface area contributed by atoms with Crippen molar-refractivity contribution >= 4 is 49.2 Å². The molecule has 3 rings (SSSR count). The number of benzene rings is 3. The van der Waals surface area contributed by atoms with Gasteiger partial charge in [-0.15, -0.1) is 0 Å². The standard InChI is InChI=1S/C21H17BrN2O5S/c22-15-7-6-8-16(13-15)24(30(28,29)17-9-2-1-3-10-17)14-20(25)23-19-12-5-4-11-18(19)21(26)27/h1-13H,14H2,(H,23,25)(H,26,27). The van der Waals surface area contributed by atoms with Crippen molar-refractivity contribution in [2.24, 2.45) is 0 Å². The fourth-order valence-electron chi connectivity index (χ4n) is 2.76. The van der Waals surface area contributed by atoms with Gasteiger partial charge in [0.15, 0.2) is 0 Å². The number of sulfonamides is 1. The number of hydrogen-bond acceptors (Lipinski definition) is 4. The molecule has 0 unspecified atom stereocenters. The van der Waals surface area contributed by atoms with Crippen molar-refractivity contribution in [3.05, 3.63) is 88.9 Å². The van der Waals surface area contributed by atoms with Crippen LogP contribution < -0.4 is 9.62 Å². The third-order valence-electron chi connectivity index (χ3n) is 4.15. The second kappa shape index (κ2) is 9.10. The smallest absolute Gasteiger partial charge is 0.337 e. The molecule has 9 heteroatoms. The Hall–Kier alpha value is -3.17. The number of amides is 1. The molecule has 0 atom stereocenters. The molecule has 154 valence electrons. The molecule has 0 bridgehead atoms. The summed E-state index contributed by atoms with van der Waals surface area (Å²) in [5.74, 6) is -1.88. The van der Waals surface area contributed by atoms with Gasteiger partial charge in [-0.3, -0.25) is 9.10 Å². The van der Waals surface area contributed by atoms with Gasteiger partial charge in [-0.1, -0.05) is 52.3 Å². The van der Waals surface area contributed by atoms with Crippen molar-refractivity contribution in [2.75, 3.05) is 16.2 Å². The van der Waals surface area contributed by atoms with Crippen LogP contribution in [-0.4, -0.2) is 31.9 Å². The minimum Gasteiger partial charge on any atom is -0.478 e. The largest absolute Gasteiger partial charge is 0.478 e. The van der Waals surface area contributed by atoms with Gasteiger partial charge in [0.2, 0.25) is 5.91 Å². The molecule has 0 aliphatic heterocycles. The number of para-hydroxylation sites is 1. The number of aromatic carboxylic acids is 1. The fourth-order valence-corrected chi connectivity index (χ4v) is 4.59. The van der Waals surface area contributed by atoms with Crippen LogP contribution in [0, 0.1) is 0 Å². The van der Waals surface area contributed by atoms with Crippen molar-refractivity contribution in [3.8, 4) is 0 Å². The lowest BCUT2D eigenvalue weighted by atomic mass is 10.2. The van der Waals surface area contributed by atoms with Gasteiger partial charge in [0.25, 0.3) is 10.0 Å². The molecule has 0 aliphatic carbocycles. The molecule has 3 aromatic rings. The second-order valence-electron chi connectivity index (χ2n) is 6.20. The van der Waals surface area contributed by atoms with E-state index in [4.69, 9.17) is 0 Å². The summed E-state index contributed by atoms with van der Waals surface area (Å²) in [5.41, 5.74) is 0.280. The van der Waals surface area contributed by atoms with Crippen LogP contribution in [-0.2, 0) is 14.8 Å². The van der Waals surface area contributed by atoms with E-state index < -0.39 is 28.4 Å². The number of nitrogens with one attached hydrogen (secondary N) is 1. The Kier molecular flexibility index (Phi) is 6.53. The van der Waals surface area contributed by atoms with E-state index in [1.54, 1.807) is 48.5 Å². The zero-order valence-electron chi connectivity index (χ0n) is 15.5. The maximum Gasteiger partial charge on any atom is 0.337 e. The molecule has 0 radical (unpaired) electrons. The monoisotopic (exact) mass is 488 g/mol. The molecule has 0 spiro atoms. The number of nitrogens with zero attached hydrogens (tertiary/aromatic N) is 1. The Bertz CT molecular complexity index is 1180. The van der Waals surface area contributed by atoms with Crippen LogP contribution in [0.2, 0.25) is 0 Å². The van der Waals surface area contributed by atoms with Crippen molar-refractivity contribution in [3.63, 3.8) is 0 Å². The molecule has 0 saturated carbocycles. The molecule has 30 heavy (non-hydrogen) atoms. The van der Waals surface area contributed by atoms with E-state index in [1.165, 1.54) is 30.3 Å². The van der Waals surface area contributed by atoms with E-state index in [0.717, 1.165) is 4.31 Å². The number of halogens is 1. The van der Waals surface area contributed by atoms with Crippen LogP contribution in [0.15, 0.2) is 88.2 Å². The van der Waals surface area contributed by atoms with Gasteiger partial charge in [0.05, 0.1) is 21.8 Å². The number of carbonyl (C=O) groups excluding carboxylic acids is 1. The predicted molar refractivity (Wildman–Crippen MR) is 117 cm³/mol. The first kappa shape index (κ1) is 21.5. The molecule has 0 aliphatic rings. The summed E-state index contributed by atoms with van der Waals surface area (Å²) in [6, 6.07) is 20.2. The molecule has 2 N–H and O–H groups in total. The minimum absolute atomic E-state index is 0.0312. The molecular formula is C21H17BrN2O5S. The van der Waals surface area contributed by atoms with Crippen LogP contribution in [0.5, 0.6) is 0 Å². The van der Waals surface area contributed by atoms with Gasteiger partial charge >= 0.3 is 5.97 Å². The quantitative estimate of drug-likeness (QED) is 0.523. The van der Waals surface area contributed by atoms with E-state index in [1.807, 2.05) is 0 Å². The highest BCUT2D eigenvalue weighted by Crippen LogP contribution is 2.26. The zero-order chi connectivity index (χ0) is 21.7. The van der Waals surface area contributed by atoms with Crippen LogP contribution in [0.1, 0.15) is 10.4 Å². The van der Waals surface area contributed by atoms with Gasteiger partial charge in [0.1, 0.15) is 6.54 Å². The van der Waals surface area contributed by atoms with Gasteiger partial charge in [-0.2, -0.15) is 0 Å². The third kappa shape index (κ3) is 4.87. The number of carboxylic acids is 1. The van der Waals surface area contributed by atoms with Gasteiger partial charge in [0, 0.05) is 4.47 Å². The highest BCUT2D eigenvalue weighted by atomic mass is 79.9. The highest BCUT2D eigenvalue weighted by Gasteiger charge is 2.27. The molecule has 0 heterocycles. The Labute approximate surface area is 182 Å². The van der Waals surface area contributed by atoms with Crippen LogP contribution in [0.4, 0.5) is 11.4 Å². The summed E-state index contributed by atoms with van der Waals surface area (Å²) in [7, 11) is -4.05. The summed E-state index contributed by atoms with van der Waals surface area (Å²) < 4.78 is 28.1. The van der Waals surface area contributed by atoms with Crippen molar-refractivity contribution in [2.45, 2.75) is 4.90 Å². The maximum atomic E-state index is 13.2. The van der Waals surface area contributed by atoms with Crippen LogP contribution >= 0.6 is 15.9 Å². The van der Waals surface area contributed by atoms with Crippen molar-refractivity contribution < 1.29 is 23.1 Å². The number of hydrogen-bond donors (Lipinski definition) is 2. The second-order valence-corrected chi connectivity index (χ2v) is 8.98. The molecule has 3 aromatic carbocycles. The lowest BCUT2D eigenvalue weighted by Gasteiger charge is -2.24. The first-order valence-electron chi connectivity index (χ1n) is 8.74. The number of carbonyl (C=O) groups is 2. The van der Waals surface area contributed by atoms with Crippen LogP contribution in [0.25, 0.3) is 0 Å². The van der Waals surface area contributed by atoms with Gasteiger partial charge in [-0.05, 0) is 42.5 Å². The fraction of sp³-hybridized carbons (Fsp3) is 0.0476. The molecule has 0 fully saturated rings. The molecule has 0 saturated heterocycles. The average molecular weight is 489 g/mol. The van der Waals surface area contributed by atoms with Gasteiger partial charge < -0.3 is 10.4 Å². The minimum atomic E-state index is -4.05. The normalized spacial score (nSPS) is 11.0. The van der Waals surface area contributed by atoms with E-state index in [2.05, 4.69) is 21.2 Å². The lowest BCUT2D eigenvalue weighted by molar-refractivity contribution is -0.114. The Morgan fingerprint density at radius 2 is 1.60 bits per heavy atom. The maximum absolute atomic E-state index is 13.2. The summed E-state index contributed by atoms with van der Waals surface area (Å²) in [6.45, 7) is -0.540. The highest BCUT2D eigenvalue weighted by molar-refractivity contribution is 9.10. The lowest BCUT2D eigenvalue weighted by Crippen LogP contribution is -2.38. The number of rotatable bonds is 7. The first-order valence-corrected chi connectivity index (χ1v) is 11.0. The SMILES string of the molecule is O=C(CN(c1cccc(Br)c1)S(=O)(=O)c1ccccc1)Nc1ccccc1C(=O)O. The summed E-state index contributed by atoms with van der Waals surface area (Å²) in [4.78, 5) is 24.1. The molecule has 1 amide bonds. The molecule has 0 aromatic heterocycles. The Balaban J connectivity index is 1.96. The van der Waals surface area contributed by atoms with Crippen molar-refractivity contribution in [1.29, 1.82) is 0 Å². The van der Waals surface area contributed by atoms with Crippen molar-refractivity contribution in [1.82, 2.24) is 0 Å². The van der Waals surface area contributed by atoms with Gasteiger partial charge in [-0.25, -0.2) is 13.2 Å². The third-order valence-corrected chi connectivity index (χ3v) is 6.43. The van der Waals surface area contributed by atoms with E-state index >= 15 is 0 Å².